The van der Waals surface area contributed by atoms with Crippen molar-refractivity contribution in [1.29, 1.82) is 0 Å². The lowest BCUT2D eigenvalue weighted by atomic mass is 10.1. The molecule has 1 aliphatic heterocycles. The Morgan fingerprint density at radius 2 is 1.84 bits per heavy atom. The lowest BCUT2D eigenvalue weighted by molar-refractivity contribution is 0.0827. The van der Waals surface area contributed by atoms with Gasteiger partial charge < -0.3 is 10.2 Å². The Hall–Kier alpha value is -2.33. The standard InChI is InChI=1S/C21H27N3O/c1-4-24(15-19-7-5-6-17-12-13-22-20(17)19)14-16-8-10-18(11-9-16)21(25)23(2)3/h5-11,22H,4,12-15H2,1-3H3. The molecule has 1 heterocycles. The number of para-hydroxylation sites is 1. The number of hydrogen-bond acceptors (Lipinski definition) is 3. The van der Waals surface area contributed by atoms with Crippen molar-refractivity contribution in [1.82, 2.24) is 9.80 Å². The van der Waals surface area contributed by atoms with Gasteiger partial charge in [-0.15, -0.1) is 0 Å². The van der Waals surface area contributed by atoms with Gasteiger partial charge in [-0.25, -0.2) is 0 Å². The van der Waals surface area contributed by atoms with Crippen molar-refractivity contribution in [3.05, 3.63) is 64.7 Å². The fourth-order valence-electron chi connectivity index (χ4n) is 3.33. The fourth-order valence-corrected chi connectivity index (χ4v) is 3.33. The van der Waals surface area contributed by atoms with Crippen molar-refractivity contribution in [2.45, 2.75) is 26.4 Å². The second kappa shape index (κ2) is 7.70. The quantitative estimate of drug-likeness (QED) is 0.878. The van der Waals surface area contributed by atoms with Crippen LogP contribution in [0.3, 0.4) is 0 Å². The molecule has 4 heteroatoms. The number of nitrogens with zero attached hydrogens (tertiary/aromatic N) is 2. The molecule has 2 aromatic carbocycles. The molecule has 0 radical (unpaired) electrons. The number of carbonyl (C=O) groups excluding carboxylic acids is 1. The molecule has 25 heavy (non-hydrogen) atoms. The number of anilines is 1. The van der Waals surface area contributed by atoms with E-state index in [-0.39, 0.29) is 5.91 Å². The zero-order valence-electron chi connectivity index (χ0n) is 15.4. The number of benzene rings is 2. The van der Waals surface area contributed by atoms with E-state index in [1.54, 1.807) is 19.0 Å². The maximum atomic E-state index is 12.0. The molecule has 1 amide bonds. The van der Waals surface area contributed by atoms with E-state index in [9.17, 15) is 4.79 Å². The third-order valence-corrected chi connectivity index (χ3v) is 4.79. The first-order chi connectivity index (χ1) is 12.1. The van der Waals surface area contributed by atoms with Crippen LogP contribution < -0.4 is 5.32 Å². The molecule has 3 rings (SSSR count). The van der Waals surface area contributed by atoms with Crippen LogP contribution in [0, 0.1) is 0 Å². The molecule has 0 aliphatic carbocycles. The van der Waals surface area contributed by atoms with E-state index in [1.165, 1.54) is 22.4 Å². The van der Waals surface area contributed by atoms with Crippen molar-refractivity contribution in [3.63, 3.8) is 0 Å². The molecule has 0 unspecified atom stereocenters. The molecule has 1 N–H and O–H groups in total. The predicted octanol–water partition coefficient (Wildman–Crippen LogP) is 3.38. The van der Waals surface area contributed by atoms with Gasteiger partial charge in [0.2, 0.25) is 0 Å². The van der Waals surface area contributed by atoms with Gasteiger partial charge in [0.05, 0.1) is 0 Å². The summed E-state index contributed by atoms with van der Waals surface area (Å²) in [6, 6.07) is 14.6. The summed E-state index contributed by atoms with van der Waals surface area (Å²) in [6.45, 7) is 6.05. The molecule has 132 valence electrons. The maximum absolute atomic E-state index is 12.0. The van der Waals surface area contributed by atoms with Gasteiger partial charge in [-0.2, -0.15) is 0 Å². The topological polar surface area (TPSA) is 35.6 Å². The summed E-state index contributed by atoms with van der Waals surface area (Å²) >= 11 is 0. The minimum absolute atomic E-state index is 0.0461. The van der Waals surface area contributed by atoms with Crippen LogP contribution in [0.1, 0.15) is 34.0 Å². The summed E-state index contributed by atoms with van der Waals surface area (Å²) in [4.78, 5) is 16.0. The molecule has 0 saturated heterocycles. The molecule has 0 saturated carbocycles. The molecule has 0 aromatic heterocycles. The average molecular weight is 337 g/mol. The first-order valence-corrected chi connectivity index (χ1v) is 8.96. The van der Waals surface area contributed by atoms with Crippen molar-refractivity contribution in [2.24, 2.45) is 0 Å². The van der Waals surface area contributed by atoms with Crippen molar-refractivity contribution < 1.29 is 4.79 Å². The molecule has 1 aliphatic rings. The number of hydrogen-bond donors (Lipinski definition) is 1. The van der Waals surface area contributed by atoms with Crippen molar-refractivity contribution in [3.8, 4) is 0 Å². The van der Waals surface area contributed by atoms with Crippen LogP contribution in [0.25, 0.3) is 0 Å². The Balaban J connectivity index is 1.69. The summed E-state index contributed by atoms with van der Waals surface area (Å²) < 4.78 is 0. The number of fused-ring (bicyclic) bond motifs is 1. The van der Waals surface area contributed by atoms with Gasteiger partial charge in [0.15, 0.2) is 0 Å². The van der Waals surface area contributed by atoms with E-state index in [0.717, 1.165) is 38.2 Å². The lowest BCUT2D eigenvalue weighted by Crippen LogP contribution is -2.23. The van der Waals surface area contributed by atoms with Crippen LogP contribution in [-0.2, 0) is 19.5 Å². The summed E-state index contributed by atoms with van der Waals surface area (Å²) in [6.07, 6.45) is 1.12. The number of nitrogens with one attached hydrogen (secondary N) is 1. The molecule has 0 fully saturated rings. The van der Waals surface area contributed by atoms with Gasteiger partial charge in [-0.1, -0.05) is 37.3 Å². The Morgan fingerprint density at radius 3 is 2.52 bits per heavy atom. The Morgan fingerprint density at radius 1 is 1.08 bits per heavy atom. The van der Waals surface area contributed by atoms with Crippen molar-refractivity contribution >= 4 is 11.6 Å². The number of amides is 1. The maximum Gasteiger partial charge on any atom is 0.253 e. The minimum Gasteiger partial charge on any atom is -0.384 e. The molecule has 4 nitrogen and oxygen atoms in total. The molecule has 0 spiro atoms. The van der Waals surface area contributed by atoms with Crippen LogP contribution in [0.2, 0.25) is 0 Å². The van der Waals surface area contributed by atoms with E-state index >= 15 is 0 Å². The Bertz CT molecular complexity index is 737. The Labute approximate surface area is 150 Å². The molecule has 0 atom stereocenters. The molecule has 0 bridgehead atoms. The summed E-state index contributed by atoms with van der Waals surface area (Å²) in [5.41, 5.74) is 6.10. The molecular formula is C21H27N3O. The van der Waals surface area contributed by atoms with E-state index in [4.69, 9.17) is 0 Å². The zero-order chi connectivity index (χ0) is 17.8. The van der Waals surface area contributed by atoms with Crippen LogP contribution in [0.4, 0.5) is 5.69 Å². The SMILES string of the molecule is CCN(Cc1ccc(C(=O)N(C)C)cc1)Cc1cccc2c1NCC2. The minimum atomic E-state index is 0.0461. The van der Waals surface area contributed by atoms with Gasteiger partial charge >= 0.3 is 0 Å². The second-order valence-corrected chi connectivity index (χ2v) is 6.83. The third-order valence-electron chi connectivity index (χ3n) is 4.79. The first kappa shape index (κ1) is 17.5. The van der Waals surface area contributed by atoms with Gasteiger partial charge in [-0.3, -0.25) is 9.69 Å². The van der Waals surface area contributed by atoms with E-state index in [2.05, 4.69) is 47.5 Å². The van der Waals surface area contributed by atoms with Gasteiger partial charge in [-0.05, 0) is 41.8 Å². The fraction of sp³-hybridized carbons (Fsp3) is 0.381. The van der Waals surface area contributed by atoms with E-state index in [0.29, 0.717) is 0 Å². The number of carbonyl (C=O) groups is 1. The Kier molecular flexibility index (Phi) is 5.39. The van der Waals surface area contributed by atoms with Gasteiger partial charge in [0.1, 0.15) is 0 Å². The lowest BCUT2D eigenvalue weighted by Gasteiger charge is -2.22. The highest BCUT2D eigenvalue weighted by Gasteiger charge is 2.15. The average Bonchev–Trinajstić information content (AvgIpc) is 3.10. The van der Waals surface area contributed by atoms with Gasteiger partial charge in [0, 0.05) is 45.0 Å². The van der Waals surface area contributed by atoms with E-state index in [1.807, 2.05) is 12.1 Å². The van der Waals surface area contributed by atoms with Gasteiger partial charge in [0.25, 0.3) is 5.91 Å². The van der Waals surface area contributed by atoms with Crippen LogP contribution >= 0.6 is 0 Å². The smallest absolute Gasteiger partial charge is 0.253 e. The van der Waals surface area contributed by atoms with Crippen molar-refractivity contribution in [2.75, 3.05) is 32.5 Å². The summed E-state index contributed by atoms with van der Waals surface area (Å²) in [5, 5.41) is 3.52. The number of rotatable bonds is 6. The summed E-state index contributed by atoms with van der Waals surface area (Å²) in [5.74, 6) is 0.0461. The third kappa shape index (κ3) is 4.02. The monoisotopic (exact) mass is 337 g/mol. The van der Waals surface area contributed by atoms with Crippen LogP contribution in [-0.4, -0.2) is 42.9 Å². The van der Waals surface area contributed by atoms with Crippen LogP contribution in [0.5, 0.6) is 0 Å². The largest absolute Gasteiger partial charge is 0.384 e. The van der Waals surface area contributed by atoms with E-state index < -0.39 is 0 Å². The first-order valence-electron chi connectivity index (χ1n) is 8.96. The highest BCUT2D eigenvalue weighted by molar-refractivity contribution is 5.93. The molecular weight excluding hydrogens is 310 g/mol. The second-order valence-electron chi connectivity index (χ2n) is 6.83. The normalized spacial score (nSPS) is 12.8. The van der Waals surface area contributed by atoms with Crippen LogP contribution in [0.15, 0.2) is 42.5 Å². The predicted molar refractivity (Wildman–Crippen MR) is 103 cm³/mol. The summed E-state index contributed by atoms with van der Waals surface area (Å²) in [7, 11) is 3.56. The highest BCUT2D eigenvalue weighted by Crippen LogP contribution is 2.27. The highest BCUT2D eigenvalue weighted by atomic mass is 16.2. The zero-order valence-corrected chi connectivity index (χ0v) is 15.4. The molecule has 2 aromatic rings.